The van der Waals surface area contributed by atoms with Crippen LogP contribution in [0, 0.1) is 13.8 Å². The van der Waals surface area contributed by atoms with Crippen LogP contribution in [0.3, 0.4) is 0 Å². The van der Waals surface area contributed by atoms with Crippen molar-refractivity contribution in [3.8, 4) is 11.3 Å². The number of imidazole rings is 1. The van der Waals surface area contributed by atoms with E-state index >= 15 is 0 Å². The number of allylic oxidation sites excluding steroid dienone is 1. The highest BCUT2D eigenvalue weighted by molar-refractivity contribution is 7.09. The van der Waals surface area contributed by atoms with Gasteiger partial charge in [-0.3, -0.25) is 4.79 Å². The molecule has 4 aromatic rings. The first-order valence-electron chi connectivity index (χ1n) is 9.69. The van der Waals surface area contributed by atoms with Crippen LogP contribution in [0.5, 0.6) is 0 Å². The van der Waals surface area contributed by atoms with Gasteiger partial charge in [0, 0.05) is 47.7 Å². The molecule has 0 fully saturated rings. The quantitative estimate of drug-likeness (QED) is 0.466. The van der Waals surface area contributed by atoms with Crippen molar-refractivity contribution < 1.29 is 9.32 Å². The first-order valence-corrected chi connectivity index (χ1v) is 10.6. The van der Waals surface area contributed by atoms with Crippen LogP contribution in [0.4, 0.5) is 0 Å². The van der Waals surface area contributed by atoms with Gasteiger partial charge in [0.15, 0.2) is 17.4 Å². The van der Waals surface area contributed by atoms with Gasteiger partial charge in [-0.15, -0.1) is 11.3 Å². The number of carbonyl (C=O) groups is 1. The number of aromatic nitrogens is 5. The lowest BCUT2D eigenvalue weighted by Crippen LogP contribution is -2.03. The van der Waals surface area contributed by atoms with E-state index in [2.05, 4.69) is 43.3 Å². The van der Waals surface area contributed by atoms with Crippen molar-refractivity contribution in [1.82, 2.24) is 25.1 Å². The van der Waals surface area contributed by atoms with E-state index in [0.717, 1.165) is 39.5 Å². The van der Waals surface area contributed by atoms with E-state index < -0.39 is 0 Å². The lowest BCUT2D eigenvalue weighted by Gasteiger charge is -2.03. The molecule has 3 heterocycles. The average Bonchev–Trinajstić information content (AvgIpc) is 3.51. The number of fused-ring (bicyclic) bond motifs is 1. The fourth-order valence-electron chi connectivity index (χ4n) is 3.64. The summed E-state index contributed by atoms with van der Waals surface area (Å²) in [5, 5.41) is 6.76. The predicted octanol–water partition coefficient (Wildman–Crippen LogP) is 4.45. The van der Waals surface area contributed by atoms with Gasteiger partial charge in [-0.1, -0.05) is 17.3 Å². The minimum absolute atomic E-state index is 0.00495. The van der Waals surface area contributed by atoms with Crippen molar-refractivity contribution in [2.24, 2.45) is 0 Å². The SMILES string of the molecule is Cc1noc(C2=Cc3cc(-c4nc(C(=O)CCc5nccs5)[nH]c4C)ccc3C2)n1. The molecule has 3 aromatic heterocycles. The van der Waals surface area contributed by atoms with Crippen LogP contribution < -0.4 is 0 Å². The fraction of sp³-hybridized carbons (Fsp3) is 0.227. The Kier molecular flexibility index (Phi) is 4.63. The fourth-order valence-corrected chi connectivity index (χ4v) is 4.26. The van der Waals surface area contributed by atoms with E-state index in [9.17, 15) is 4.79 Å². The maximum Gasteiger partial charge on any atom is 0.254 e. The minimum Gasteiger partial charge on any atom is -0.339 e. The molecule has 0 bridgehead atoms. The Morgan fingerprint density at radius 2 is 2.17 bits per heavy atom. The normalized spacial score (nSPS) is 12.8. The van der Waals surface area contributed by atoms with Crippen LogP contribution in [0.25, 0.3) is 22.9 Å². The van der Waals surface area contributed by atoms with Crippen molar-refractivity contribution in [2.45, 2.75) is 33.1 Å². The summed E-state index contributed by atoms with van der Waals surface area (Å²) in [6, 6.07) is 6.23. The Morgan fingerprint density at radius 3 is 2.93 bits per heavy atom. The maximum atomic E-state index is 12.6. The zero-order valence-electron chi connectivity index (χ0n) is 16.6. The summed E-state index contributed by atoms with van der Waals surface area (Å²) in [7, 11) is 0. The summed E-state index contributed by atoms with van der Waals surface area (Å²) in [5.74, 6) is 1.59. The summed E-state index contributed by atoms with van der Waals surface area (Å²) in [5.41, 5.74) is 5.98. The molecule has 0 saturated carbocycles. The van der Waals surface area contributed by atoms with Gasteiger partial charge < -0.3 is 9.51 Å². The molecule has 1 aliphatic rings. The number of ketones is 1. The van der Waals surface area contributed by atoms with Crippen LogP contribution in [0.1, 0.15) is 50.6 Å². The second kappa shape index (κ2) is 7.46. The van der Waals surface area contributed by atoms with Gasteiger partial charge in [-0.05, 0) is 37.1 Å². The van der Waals surface area contributed by atoms with Gasteiger partial charge in [0.1, 0.15) is 0 Å². The molecule has 150 valence electrons. The molecule has 5 rings (SSSR count). The van der Waals surface area contributed by atoms with Crippen LogP contribution in [-0.2, 0) is 12.8 Å². The molecule has 30 heavy (non-hydrogen) atoms. The molecule has 0 atom stereocenters. The van der Waals surface area contributed by atoms with Gasteiger partial charge >= 0.3 is 0 Å². The molecule has 0 spiro atoms. The number of rotatable bonds is 6. The highest BCUT2D eigenvalue weighted by Crippen LogP contribution is 2.34. The van der Waals surface area contributed by atoms with Gasteiger partial charge in [-0.2, -0.15) is 4.98 Å². The lowest BCUT2D eigenvalue weighted by molar-refractivity contribution is 0.0973. The third-order valence-corrected chi connectivity index (χ3v) is 5.97. The number of nitrogens with one attached hydrogen (secondary N) is 1. The van der Waals surface area contributed by atoms with Crippen molar-refractivity contribution in [3.63, 3.8) is 0 Å². The number of carbonyl (C=O) groups excluding carboxylic acids is 1. The number of Topliss-reactive ketones (excluding diaryl/α,β-unsaturated/α-hetero) is 1. The van der Waals surface area contributed by atoms with Gasteiger partial charge in [-0.25, -0.2) is 9.97 Å². The predicted molar refractivity (Wildman–Crippen MR) is 114 cm³/mol. The van der Waals surface area contributed by atoms with Crippen molar-refractivity contribution in [3.05, 3.63) is 69.1 Å². The number of nitrogens with zero attached hydrogens (tertiary/aromatic N) is 4. The van der Waals surface area contributed by atoms with Crippen molar-refractivity contribution in [1.29, 1.82) is 0 Å². The van der Waals surface area contributed by atoms with Crippen LogP contribution in [-0.4, -0.2) is 30.9 Å². The van der Waals surface area contributed by atoms with Crippen LogP contribution in [0.2, 0.25) is 0 Å². The molecule has 0 radical (unpaired) electrons. The first-order chi connectivity index (χ1) is 14.6. The molecular formula is C22H19N5O2S. The smallest absolute Gasteiger partial charge is 0.254 e. The standard InChI is InChI=1S/C22H19N5O2S/c1-12-20(26-21(24-12)18(28)5-6-19-23-7-8-30-19)15-4-3-14-9-17(11-16(14)10-15)22-25-13(2)27-29-22/h3-4,7-8,10-11H,5-6,9H2,1-2H3,(H,24,26). The summed E-state index contributed by atoms with van der Waals surface area (Å²) < 4.78 is 5.30. The van der Waals surface area contributed by atoms with E-state index in [4.69, 9.17) is 4.52 Å². The highest BCUT2D eigenvalue weighted by atomic mass is 32.1. The molecular weight excluding hydrogens is 398 g/mol. The summed E-state index contributed by atoms with van der Waals surface area (Å²) in [4.78, 5) is 28.9. The minimum atomic E-state index is -0.00495. The molecule has 0 saturated heterocycles. The second-order valence-corrected chi connectivity index (χ2v) is 8.29. The van der Waals surface area contributed by atoms with Gasteiger partial charge in [0.2, 0.25) is 0 Å². The van der Waals surface area contributed by atoms with Gasteiger partial charge in [0.25, 0.3) is 5.89 Å². The topological polar surface area (TPSA) is 97.6 Å². The summed E-state index contributed by atoms with van der Waals surface area (Å²) >= 11 is 1.56. The van der Waals surface area contributed by atoms with Crippen LogP contribution >= 0.6 is 11.3 Å². The third-order valence-electron chi connectivity index (χ3n) is 5.13. The molecule has 0 aliphatic heterocycles. The monoisotopic (exact) mass is 417 g/mol. The summed E-state index contributed by atoms with van der Waals surface area (Å²) in [6.45, 7) is 3.75. The number of thiazole rings is 1. The number of aryl methyl sites for hydroxylation is 3. The molecule has 0 unspecified atom stereocenters. The summed E-state index contributed by atoms with van der Waals surface area (Å²) in [6.07, 6.45) is 5.62. The zero-order chi connectivity index (χ0) is 20.7. The van der Waals surface area contributed by atoms with Crippen molar-refractivity contribution >= 4 is 28.8 Å². The Balaban J connectivity index is 1.38. The number of H-pyrrole nitrogens is 1. The van der Waals surface area contributed by atoms with E-state index in [-0.39, 0.29) is 5.78 Å². The molecule has 1 aliphatic carbocycles. The zero-order valence-corrected chi connectivity index (χ0v) is 17.4. The van der Waals surface area contributed by atoms with E-state index in [1.54, 1.807) is 17.5 Å². The third kappa shape index (κ3) is 3.50. The lowest BCUT2D eigenvalue weighted by atomic mass is 10.0. The van der Waals surface area contributed by atoms with E-state index in [0.29, 0.717) is 30.4 Å². The maximum absolute atomic E-state index is 12.6. The second-order valence-electron chi connectivity index (χ2n) is 7.31. The van der Waals surface area contributed by atoms with Crippen molar-refractivity contribution in [2.75, 3.05) is 0 Å². The van der Waals surface area contributed by atoms with E-state index in [1.165, 1.54) is 5.56 Å². The van der Waals surface area contributed by atoms with Crippen LogP contribution in [0.15, 0.2) is 34.3 Å². The Bertz CT molecular complexity index is 1270. The number of aromatic amines is 1. The number of benzene rings is 1. The molecule has 1 N–H and O–H groups in total. The average molecular weight is 417 g/mol. The molecule has 8 heteroatoms. The highest BCUT2D eigenvalue weighted by Gasteiger charge is 2.21. The van der Waals surface area contributed by atoms with Gasteiger partial charge in [0.05, 0.1) is 10.7 Å². The largest absolute Gasteiger partial charge is 0.339 e. The molecule has 7 nitrogen and oxygen atoms in total. The Morgan fingerprint density at radius 1 is 1.27 bits per heavy atom. The van der Waals surface area contributed by atoms with E-state index in [1.807, 2.05) is 25.3 Å². The molecule has 0 amide bonds. The first kappa shape index (κ1) is 18.6. The number of hydrogen-bond donors (Lipinski definition) is 1. The Labute approximate surface area is 176 Å². The number of hydrogen-bond acceptors (Lipinski definition) is 7. The Hall–Kier alpha value is -3.39. The molecule has 1 aromatic carbocycles.